The molecule has 0 aliphatic carbocycles. The predicted molar refractivity (Wildman–Crippen MR) is 103 cm³/mol. The first-order valence-electron chi connectivity index (χ1n) is 9.56. The standard InChI is InChI=1S/C18H29N5O2.ClH/c24-17-7-2-1-3-11-22(17)12-5-10-20-18(25)16-8-13-23(21-16)15-6-4-9-19-14-15;/h8,13,15,19H,1-7,9-12,14H2,(H,20,25);1H. The molecule has 1 aromatic rings. The molecule has 2 amide bonds. The van der Waals surface area contributed by atoms with Gasteiger partial charge in [0.05, 0.1) is 6.04 Å². The van der Waals surface area contributed by atoms with Gasteiger partial charge in [-0.2, -0.15) is 5.10 Å². The second kappa shape index (κ2) is 10.5. The normalized spacial score (nSPS) is 21.0. The van der Waals surface area contributed by atoms with E-state index in [4.69, 9.17) is 0 Å². The summed E-state index contributed by atoms with van der Waals surface area (Å²) in [5.41, 5.74) is 0.469. The van der Waals surface area contributed by atoms with Gasteiger partial charge in [-0.15, -0.1) is 12.4 Å². The van der Waals surface area contributed by atoms with Crippen molar-refractivity contribution < 1.29 is 9.59 Å². The summed E-state index contributed by atoms with van der Waals surface area (Å²) in [6.07, 6.45) is 8.81. The van der Waals surface area contributed by atoms with E-state index in [1.54, 1.807) is 6.07 Å². The summed E-state index contributed by atoms with van der Waals surface area (Å²) in [7, 11) is 0. The first kappa shape index (κ1) is 20.7. The molecule has 2 aliphatic heterocycles. The van der Waals surface area contributed by atoms with E-state index in [9.17, 15) is 9.59 Å². The second-order valence-electron chi connectivity index (χ2n) is 6.98. The van der Waals surface area contributed by atoms with Crippen LogP contribution in [-0.2, 0) is 4.79 Å². The Labute approximate surface area is 161 Å². The molecule has 146 valence electrons. The van der Waals surface area contributed by atoms with Crippen LogP contribution in [0.25, 0.3) is 0 Å². The lowest BCUT2D eigenvalue weighted by atomic mass is 10.1. The molecule has 1 aromatic heterocycles. The molecule has 0 aromatic carbocycles. The smallest absolute Gasteiger partial charge is 0.271 e. The number of hydrogen-bond acceptors (Lipinski definition) is 4. The number of nitrogens with one attached hydrogen (secondary N) is 2. The Morgan fingerprint density at radius 1 is 1.31 bits per heavy atom. The fourth-order valence-electron chi connectivity index (χ4n) is 3.56. The predicted octanol–water partition coefficient (Wildman–Crippen LogP) is 1.75. The Hall–Kier alpha value is -1.60. The van der Waals surface area contributed by atoms with Crippen molar-refractivity contribution in [2.75, 3.05) is 32.7 Å². The van der Waals surface area contributed by atoms with E-state index in [0.29, 0.717) is 24.7 Å². The van der Waals surface area contributed by atoms with Crippen molar-refractivity contribution >= 4 is 24.2 Å². The minimum atomic E-state index is -0.135. The first-order chi connectivity index (χ1) is 12.2. The van der Waals surface area contributed by atoms with Crippen LogP contribution < -0.4 is 10.6 Å². The summed E-state index contributed by atoms with van der Waals surface area (Å²) in [5, 5.41) is 10.7. The molecule has 0 radical (unpaired) electrons. The number of rotatable bonds is 6. The molecular weight excluding hydrogens is 354 g/mol. The highest BCUT2D eigenvalue weighted by Gasteiger charge is 2.18. The van der Waals surface area contributed by atoms with Gasteiger partial charge in [0.15, 0.2) is 0 Å². The van der Waals surface area contributed by atoms with Crippen LogP contribution in [-0.4, -0.2) is 59.2 Å². The molecule has 7 nitrogen and oxygen atoms in total. The average molecular weight is 384 g/mol. The molecular formula is C18H30ClN5O2. The Morgan fingerprint density at radius 2 is 2.19 bits per heavy atom. The maximum Gasteiger partial charge on any atom is 0.271 e. The zero-order valence-corrected chi connectivity index (χ0v) is 16.1. The van der Waals surface area contributed by atoms with Crippen molar-refractivity contribution in [1.82, 2.24) is 25.3 Å². The molecule has 26 heavy (non-hydrogen) atoms. The van der Waals surface area contributed by atoms with Crippen molar-refractivity contribution in [2.45, 2.75) is 51.0 Å². The summed E-state index contributed by atoms with van der Waals surface area (Å²) >= 11 is 0. The summed E-state index contributed by atoms with van der Waals surface area (Å²) in [4.78, 5) is 26.1. The third kappa shape index (κ3) is 5.71. The monoisotopic (exact) mass is 383 g/mol. The summed E-state index contributed by atoms with van der Waals surface area (Å²) < 4.78 is 1.90. The van der Waals surface area contributed by atoms with Crippen LogP contribution in [0.1, 0.15) is 61.5 Å². The third-order valence-corrected chi connectivity index (χ3v) is 5.05. The van der Waals surface area contributed by atoms with Gasteiger partial charge in [-0.25, -0.2) is 0 Å². The Morgan fingerprint density at radius 3 is 3.00 bits per heavy atom. The molecule has 3 rings (SSSR count). The second-order valence-corrected chi connectivity index (χ2v) is 6.98. The lowest BCUT2D eigenvalue weighted by Crippen LogP contribution is -2.34. The van der Waals surface area contributed by atoms with Gasteiger partial charge in [-0.3, -0.25) is 14.3 Å². The molecule has 1 unspecified atom stereocenters. The van der Waals surface area contributed by atoms with Crippen molar-refractivity contribution in [3.05, 3.63) is 18.0 Å². The van der Waals surface area contributed by atoms with E-state index in [1.807, 2.05) is 15.8 Å². The molecule has 0 saturated carbocycles. The van der Waals surface area contributed by atoms with Crippen LogP contribution >= 0.6 is 12.4 Å². The molecule has 0 spiro atoms. The van der Waals surface area contributed by atoms with Gasteiger partial charge < -0.3 is 15.5 Å². The third-order valence-electron chi connectivity index (χ3n) is 5.05. The van der Waals surface area contributed by atoms with Crippen molar-refractivity contribution in [2.24, 2.45) is 0 Å². The molecule has 2 saturated heterocycles. The lowest BCUT2D eigenvalue weighted by Gasteiger charge is -2.22. The minimum absolute atomic E-state index is 0. The fraction of sp³-hybridized carbons (Fsp3) is 0.722. The zero-order chi connectivity index (χ0) is 17.5. The highest BCUT2D eigenvalue weighted by atomic mass is 35.5. The number of piperidine rings is 1. The number of halogens is 1. The molecule has 2 N–H and O–H groups in total. The van der Waals surface area contributed by atoms with Crippen molar-refractivity contribution in [1.29, 1.82) is 0 Å². The van der Waals surface area contributed by atoms with Crippen LogP contribution in [0, 0.1) is 0 Å². The van der Waals surface area contributed by atoms with Crippen LogP contribution in [0.4, 0.5) is 0 Å². The van der Waals surface area contributed by atoms with Crippen molar-refractivity contribution in [3.8, 4) is 0 Å². The molecule has 0 bridgehead atoms. The molecule has 2 aliphatic rings. The number of likely N-dealkylation sites (tertiary alicyclic amines) is 1. The van der Waals surface area contributed by atoms with E-state index in [-0.39, 0.29) is 24.2 Å². The van der Waals surface area contributed by atoms with Gasteiger partial charge >= 0.3 is 0 Å². The number of carbonyl (C=O) groups is 2. The van der Waals surface area contributed by atoms with Crippen LogP contribution in [0.5, 0.6) is 0 Å². The largest absolute Gasteiger partial charge is 0.351 e. The van der Waals surface area contributed by atoms with Crippen LogP contribution in [0.15, 0.2) is 12.3 Å². The number of aromatic nitrogens is 2. The van der Waals surface area contributed by atoms with Crippen molar-refractivity contribution in [3.63, 3.8) is 0 Å². The maximum atomic E-state index is 12.2. The van der Waals surface area contributed by atoms with Crippen LogP contribution in [0.3, 0.4) is 0 Å². The zero-order valence-electron chi connectivity index (χ0n) is 15.3. The SMILES string of the molecule is Cl.O=C(NCCCN1CCCCCC1=O)c1ccn(C2CCCNC2)n1. The summed E-state index contributed by atoms with van der Waals surface area (Å²) in [6, 6.07) is 2.12. The topological polar surface area (TPSA) is 79.3 Å². The molecule has 1 atom stereocenters. The Kier molecular flexibility index (Phi) is 8.38. The maximum absolute atomic E-state index is 12.2. The van der Waals surface area contributed by atoms with Gasteiger partial charge in [-0.05, 0) is 44.7 Å². The lowest BCUT2D eigenvalue weighted by molar-refractivity contribution is -0.130. The highest BCUT2D eigenvalue weighted by molar-refractivity contribution is 5.92. The van der Waals surface area contributed by atoms with E-state index in [0.717, 1.165) is 64.7 Å². The van der Waals surface area contributed by atoms with E-state index in [1.165, 1.54) is 0 Å². The Balaban J connectivity index is 0.00000243. The average Bonchev–Trinajstić information content (AvgIpc) is 3.05. The number of carbonyl (C=O) groups excluding carboxylic acids is 2. The molecule has 2 fully saturated rings. The molecule has 8 heteroatoms. The number of amides is 2. The van der Waals surface area contributed by atoms with Gasteiger partial charge in [0.2, 0.25) is 5.91 Å². The Bertz CT molecular complexity index is 586. The molecule has 3 heterocycles. The van der Waals surface area contributed by atoms with E-state index >= 15 is 0 Å². The number of nitrogens with zero attached hydrogens (tertiary/aromatic N) is 3. The van der Waals surface area contributed by atoms with Gasteiger partial charge in [0.25, 0.3) is 5.91 Å². The van der Waals surface area contributed by atoms with E-state index in [2.05, 4.69) is 15.7 Å². The van der Waals surface area contributed by atoms with Crippen LogP contribution in [0.2, 0.25) is 0 Å². The van der Waals surface area contributed by atoms with Gasteiger partial charge in [0, 0.05) is 38.8 Å². The van der Waals surface area contributed by atoms with Gasteiger partial charge in [0.1, 0.15) is 5.69 Å². The summed E-state index contributed by atoms with van der Waals surface area (Å²) in [5.74, 6) is 0.119. The summed E-state index contributed by atoms with van der Waals surface area (Å²) in [6.45, 7) is 4.12. The fourth-order valence-corrected chi connectivity index (χ4v) is 3.56. The van der Waals surface area contributed by atoms with E-state index < -0.39 is 0 Å². The highest BCUT2D eigenvalue weighted by Crippen LogP contribution is 2.15. The number of hydrogen-bond donors (Lipinski definition) is 2. The first-order valence-corrected chi connectivity index (χ1v) is 9.56. The quantitative estimate of drug-likeness (QED) is 0.733. The van der Waals surface area contributed by atoms with Gasteiger partial charge in [-0.1, -0.05) is 6.42 Å². The minimum Gasteiger partial charge on any atom is -0.351 e.